The van der Waals surface area contributed by atoms with Crippen molar-refractivity contribution in [1.29, 1.82) is 0 Å². The molecule has 1 aliphatic carbocycles. The van der Waals surface area contributed by atoms with Crippen molar-refractivity contribution in [3.8, 4) is 27.9 Å². The number of hydrogen-bond donors (Lipinski definition) is 0. The van der Waals surface area contributed by atoms with Crippen LogP contribution in [0.1, 0.15) is 43.0 Å². The molecule has 0 amide bonds. The molecule has 0 bridgehead atoms. The fourth-order valence-corrected chi connectivity index (χ4v) is 7.71. The molecule has 1 aromatic heterocycles. The number of rotatable bonds is 6. The molecule has 2 nitrogen and oxygen atoms in total. The maximum absolute atomic E-state index is 5.25. The molecule has 0 radical (unpaired) electrons. The van der Waals surface area contributed by atoms with Crippen LogP contribution in [0.25, 0.3) is 61.0 Å². The quantitative estimate of drug-likeness (QED) is 0.166. The van der Waals surface area contributed by atoms with E-state index in [-0.39, 0.29) is 0 Å². The Labute approximate surface area is 312 Å². The van der Waals surface area contributed by atoms with E-state index in [4.69, 9.17) is 4.99 Å². The fraction of sp³-hybridized carbons (Fsp3) is 0.0784. The summed E-state index contributed by atoms with van der Waals surface area (Å²) in [7, 11) is 0. The molecule has 0 N–H and O–H groups in total. The van der Waals surface area contributed by atoms with Gasteiger partial charge in [0.25, 0.3) is 0 Å². The molecule has 0 unspecified atom stereocenters. The Kier molecular flexibility index (Phi) is 9.27. The standard InChI is InChI=1S/C49H36N2.C2H6/c1-33(35-16-5-3-6-17-35)45-32-46-41(26-15-27-44(46)49(45)50-34(2)36-18-7-4-8-19-36)39-22-13-20-37(30-39)38-21-14-23-40(31-38)51-47-28-11-9-24-42(47)43-25-10-12-29-48(43)51;1-2/h3-31H,2,32H2,1H3;1-2H3/b45-33+,50-49?;. The summed E-state index contributed by atoms with van der Waals surface area (Å²) < 4.78 is 2.38. The summed E-state index contributed by atoms with van der Waals surface area (Å²) in [6.07, 6.45) is 0.806. The lowest BCUT2D eigenvalue weighted by Gasteiger charge is -2.12. The number of aromatic nitrogens is 1. The molecule has 8 aromatic rings. The van der Waals surface area contributed by atoms with Crippen LogP contribution in [0.3, 0.4) is 0 Å². The molecule has 1 aliphatic rings. The van der Waals surface area contributed by atoms with Crippen LogP contribution in [0.5, 0.6) is 0 Å². The van der Waals surface area contributed by atoms with E-state index in [9.17, 15) is 0 Å². The lowest BCUT2D eigenvalue weighted by molar-refractivity contribution is 1.18. The highest BCUT2D eigenvalue weighted by molar-refractivity contribution is 6.22. The van der Waals surface area contributed by atoms with Gasteiger partial charge in [0.15, 0.2) is 0 Å². The summed E-state index contributed by atoms with van der Waals surface area (Å²) >= 11 is 0. The molecule has 2 heteroatoms. The smallest absolute Gasteiger partial charge is 0.0750 e. The average molecular weight is 683 g/mol. The first-order chi connectivity index (χ1) is 26.1. The van der Waals surface area contributed by atoms with Gasteiger partial charge in [-0.05, 0) is 87.3 Å². The van der Waals surface area contributed by atoms with Crippen LogP contribution < -0.4 is 0 Å². The number of benzene rings is 7. The van der Waals surface area contributed by atoms with Crippen LogP contribution >= 0.6 is 0 Å². The third-order valence-electron chi connectivity index (χ3n) is 10.3. The normalized spacial score (nSPS) is 13.8. The summed E-state index contributed by atoms with van der Waals surface area (Å²) in [6, 6.07) is 62.8. The topological polar surface area (TPSA) is 17.3 Å². The number of aliphatic imine (C=N–C) groups is 1. The minimum atomic E-state index is 0.771. The highest BCUT2D eigenvalue weighted by atomic mass is 15.0. The Morgan fingerprint density at radius 3 is 1.74 bits per heavy atom. The molecule has 7 aromatic carbocycles. The number of fused-ring (bicyclic) bond motifs is 4. The van der Waals surface area contributed by atoms with Crippen molar-refractivity contribution in [2.45, 2.75) is 27.2 Å². The van der Waals surface area contributed by atoms with Crippen molar-refractivity contribution in [3.05, 3.63) is 210 Å². The largest absolute Gasteiger partial charge is 0.309 e. The van der Waals surface area contributed by atoms with E-state index >= 15 is 0 Å². The lowest BCUT2D eigenvalue weighted by Crippen LogP contribution is -2.02. The van der Waals surface area contributed by atoms with Gasteiger partial charge in [-0.3, -0.25) is 0 Å². The van der Waals surface area contributed by atoms with Crippen LogP contribution in [-0.2, 0) is 6.42 Å². The third kappa shape index (κ3) is 6.23. The predicted octanol–water partition coefficient (Wildman–Crippen LogP) is 13.6. The van der Waals surface area contributed by atoms with Crippen LogP contribution in [0.2, 0.25) is 0 Å². The van der Waals surface area contributed by atoms with Gasteiger partial charge < -0.3 is 4.57 Å². The van der Waals surface area contributed by atoms with Gasteiger partial charge in [-0.1, -0.05) is 166 Å². The van der Waals surface area contributed by atoms with E-state index in [0.717, 1.165) is 29.1 Å². The van der Waals surface area contributed by atoms with Gasteiger partial charge in [-0.2, -0.15) is 0 Å². The van der Waals surface area contributed by atoms with E-state index in [2.05, 4.69) is 176 Å². The molecule has 0 aliphatic heterocycles. The van der Waals surface area contributed by atoms with E-state index in [1.54, 1.807) is 0 Å². The molecule has 0 atom stereocenters. The highest BCUT2D eigenvalue weighted by Gasteiger charge is 2.28. The van der Waals surface area contributed by atoms with Crippen LogP contribution in [0.4, 0.5) is 0 Å². The SMILES string of the molecule is C=C(N=C1/C(=C(\C)c2ccccc2)Cc2c1cccc2-c1cccc(-c2cccc(-n3c4ccccc4c4ccccc43)c2)c1)c1ccccc1.CC. The number of allylic oxidation sites excluding steroid dienone is 2. The van der Waals surface area contributed by atoms with Crippen molar-refractivity contribution >= 4 is 38.8 Å². The van der Waals surface area contributed by atoms with Crippen LogP contribution in [0.15, 0.2) is 193 Å². The van der Waals surface area contributed by atoms with Crippen molar-refractivity contribution in [2.75, 3.05) is 0 Å². The summed E-state index contributed by atoms with van der Waals surface area (Å²) in [5.74, 6) is 0. The number of nitrogens with zero attached hydrogens (tertiary/aromatic N) is 2. The van der Waals surface area contributed by atoms with Gasteiger partial charge in [0.1, 0.15) is 0 Å². The Balaban J connectivity index is 0.00000197. The van der Waals surface area contributed by atoms with E-state index in [1.807, 2.05) is 32.0 Å². The van der Waals surface area contributed by atoms with Crippen LogP contribution in [0, 0.1) is 0 Å². The maximum Gasteiger partial charge on any atom is 0.0750 e. The maximum atomic E-state index is 5.25. The minimum absolute atomic E-state index is 0.771. The lowest BCUT2D eigenvalue weighted by atomic mass is 9.93. The molecule has 0 fully saturated rings. The summed E-state index contributed by atoms with van der Waals surface area (Å²) in [5, 5.41) is 2.54. The van der Waals surface area contributed by atoms with E-state index in [1.165, 1.54) is 71.9 Å². The molecule has 9 rings (SSSR count). The Morgan fingerprint density at radius 2 is 1.06 bits per heavy atom. The van der Waals surface area contributed by atoms with Crippen molar-refractivity contribution in [2.24, 2.45) is 4.99 Å². The van der Waals surface area contributed by atoms with Crippen LogP contribution in [-0.4, -0.2) is 10.3 Å². The van der Waals surface area contributed by atoms with Crippen molar-refractivity contribution in [3.63, 3.8) is 0 Å². The van der Waals surface area contributed by atoms with Gasteiger partial charge in [0, 0.05) is 28.4 Å². The summed E-state index contributed by atoms with van der Waals surface area (Å²) in [5.41, 5.74) is 17.4. The van der Waals surface area contributed by atoms with Gasteiger partial charge >= 0.3 is 0 Å². The Morgan fingerprint density at radius 1 is 0.528 bits per heavy atom. The molecule has 0 saturated carbocycles. The summed E-state index contributed by atoms with van der Waals surface area (Å²) in [4.78, 5) is 5.25. The molecule has 1 heterocycles. The first kappa shape index (κ1) is 33.6. The second kappa shape index (κ2) is 14.6. The monoisotopic (exact) mass is 682 g/mol. The van der Waals surface area contributed by atoms with Gasteiger partial charge in [0.05, 0.1) is 22.4 Å². The van der Waals surface area contributed by atoms with Gasteiger partial charge in [0.2, 0.25) is 0 Å². The Hall–Kier alpha value is -6.51. The second-order valence-corrected chi connectivity index (χ2v) is 13.3. The summed E-state index contributed by atoms with van der Waals surface area (Å²) in [6.45, 7) is 10.6. The third-order valence-corrected chi connectivity index (χ3v) is 10.3. The van der Waals surface area contributed by atoms with Crippen molar-refractivity contribution < 1.29 is 0 Å². The molecule has 0 saturated heterocycles. The van der Waals surface area contributed by atoms with Gasteiger partial charge in [-0.15, -0.1) is 0 Å². The Bertz CT molecular complexity index is 2620. The average Bonchev–Trinajstić information content (AvgIpc) is 3.78. The van der Waals surface area contributed by atoms with Crippen molar-refractivity contribution in [1.82, 2.24) is 4.57 Å². The minimum Gasteiger partial charge on any atom is -0.309 e. The zero-order valence-corrected chi connectivity index (χ0v) is 30.6. The number of hydrogen-bond acceptors (Lipinski definition) is 1. The van der Waals surface area contributed by atoms with E-state index in [0.29, 0.717) is 0 Å². The van der Waals surface area contributed by atoms with E-state index < -0.39 is 0 Å². The zero-order valence-electron chi connectivity index (χ0n) is 30.6. The first-order valence-electron chi connectivity index (χ1n) is 18.5. The molecule has 256 valence electrons. The second-order valence-electron chi connectivity index (χ2n) is 13.3. The predicted molar refractivity (Wildman–Crippen MR) is 228 cm³/mol. The molecular weight excluding hydrogens is 641 g/mol. The van der Waals surface area contributed by atoms with Gasteiger partial charge in [-0.25, -0.2) is 4.99 Å². The number of para-hydroxylation sites is 2. The highest BCUT2D eigenvalue weighted by Crippen LogP contribution is 2.40. The molecule has 53 heavy (non-hydrogen) atoms. The molecular formula is C51H42N2. The fourth-order valence-electron chi connectivity index (χ4n) is 7.71. The molecule has 0 spiro atoms. The zero-order chi connectivity index (χ0) is 36.3. The first-order valence-corrected chi connectivity index (χ1v) is 18.5.